The fourth-order valence-electron chi connectivity index (χ4n) is 0.909. The summed E-state index contributed by atoms with van der Waals surface area (Å²) in [4.78, 5) is 3.93. The Morgan fingerprint density at radius 1 is 1.55 bits per heavy atom. The SMILES string of the molecule is Cc1cnc(Cl)n2cnnc12. The maximum Gasteiger partial charge on any atom is 0.209 e. The van der Waals surface area contributed by atoms with Crippen molar-refractivity contribution in [2.75, 3.05) is 0 Å². The molecule has 0 radical (unpaired) electrons. The zero-order chi connectivity index (χ0) is 7.84. The average molecular weight is 169 g/mol. The van der Waals surface area contributed by atoms with E-state index < -0.39 is 0 Å². The molecule has 0 aromatic carbocycles. The Morgan fingerprint density at radius 2 is 2.36 bits per heavy atom. The molecule has 2 aromatic heterocycles. The van der Waals surface area contributed by atoms with E-state index in [1.165, 1.54) is 6.33 Å². The summed E-state index contributed by atoms with van der Waals surface area (Å²) in [5, 5.41) is 7.96. The van der Waals surface area contributed by atoms with Crippen LogP contribution in [0.2, 0.25) is 5.28 Å². The first-order chi connectivity index (χ1) is 5.29. The van der Waals surface area contributed by atoms with E-state index in [2.05, 4.69) is 15.2 Å². The van der Waals surface area contributed by atoms with Gasteiger partial charge in [0.25, 0.3) is 0 Å². The van der Waals surface area contributed by atoms with Gasteiger partial charge < -0.3 is 0 Å². The standard InChI is InChI=1S/C6H5ClN4/c1-4-2-8-6(7)11-3-9-10-5(4)11/h2-3H,1H3. The lowest BCUT2D eigenvalue weighted by Gasteiger charge is -1.95. The van der Waals surface area contributed by atoms with Crippen molar-refractivity contribution in [3.05, 3.63) is 23.4 Å². The second-order valence-electron chi connectivity index (χ2n) is 2.23. The molecule has 2 rings (SSSR count). The lowest BCUT2D eigenvalue weighted by atomic mass is 10.4. The van der Waals surface area contributed by atoms with E-state index in [0.717, 1.165) is 11.2 Å². The van der Waals surface area contributed by atoms with Gasteiger partial charge in [0.1, 0.15) is 6.33 Å². The molecule has 0 N–H and O–H groups in total. The van der Waals surface area contributed by atoms with Gasteiger partial charge in [0.05, 0.1) is 0 Å². The second kappa shape index (κ2) is 2.17. The molecule has 0 saturated carbocycles. The van der Waals surface area contributed by atoms with Crippen molar-refractivity contribution in [3.8, 4) is 0 Å². The van der Waals surface area contributed by atoms with Crippen LogP contribution in [0.4, 0.5) is 0 Å². The van der Waals surface area contributed by atoms with E-state index in [1.807, 2.05) is 6.92 Å². The highest BCUT2D eigenvalue weighted by atomic mass is 35.5. The molecule has 0 aliphatic rings. The van der Waals surface area contributed by atoms with Gasteiger partial charge in [-0.1, -0.05) is 0 Å². The molecule has 2 aromatic rings. The zero-order valence-electron chi connectivity index (χ0n) is 5.82. The Morgan fingerprint density at radius 3 is 3.09 bits per heavy atom. The molecule has 11 heavy (non-hydrogen) atoms. The summed E-state index contributed by atoms with van der Waals surface area (Å²) in [6, 6.07) is 0. The highest BCUT2D eigenvalue weighted by molar-refractivity contribution is 6.28. The normalized spacial score (nSPS) is 10.7. The number of aryl methyl sites for hydroxylation is 1. The Kier molecular flexibility index (Phi) is 1.29. The highest BCUT2D eigenvalue weighted by Crippen LogP contribution is 2.10. The molecule has 0 unspecified atom stereocenters. The minimum absolute atomic E-state index is 0.385. The number of hydrogen-bond acceptors (Lipinski definition) is 3. The monoisotopic (exact) mass is 168 g/mol. The first kappa shape index (κ1) is 6.54. The van der Waals surface area contributed by atoms with Gasteiger partial charge in [0.15, 0.2) is 5.65 Å². The molecule has 0 aliphatic heterocycles. The number of rotatable bonds is 0. The number of nitrogens with zero attached hydrogens (tertiary/aromatic N) is 4. The predicted molar refractivity (Wildman–Crippen MR) is 40.5 cm³/mol. The van der Waals surface area contributed by atoms with Crippen molar-refractivity contribution in [3.63, 3.8) is 0 Å². The van der Waals surface area contributed by atoms with Crippen molar-refractivity contribution >= 4 is 17.2 Å². The number of hydrogen-bond donors (Lipinski definition) is 0. The van der Waals surface area contributed by atoms with Crippen LogP contribution < -0.4 is 0 Å². The van der Waals surface area contributed by atoms with E-state index in [1.54, 1.807) is 10.6 Å². The van der Waals surface area contributed by atoms with Crippen molar-refractivity contribution in [2.24, 2.45) is 0 Å². The lowest BCUT2D eigenvalue weighted by Crippen LogP contribution is -1.91. The fraction of sp³-hybridized carbons (Fsp3) is 0.167. The maximum atomic E-state index is 5.74. The van der Waals surface area contributed by atoms with E-state index >= 15 is 0 Å². The van der Waals surface area contributed by atoms with Gasteiger partial charge in [-0.05, 0) is 18.5 Å². The Balaban J connectivity index is 2.96. The molecule has 56 valence electrons. The average Bonchev–Trinajstić information content (AvgIpc) is 2.45. The molecule has 0 fully saturated rings. The Labute approximate surface area is 67.8 Å². The first-order valence-electron chi connectivity index (χ1n) is 3.10. The van der Waals surface area contributed by atoms with Crippen LogP contribution in [0.25, 0.3) is 5.65 Å². The molecule has 0 atom stereocenters. The summed E-state index contributed by atoms with van der Waals surface area (Å²) in [6.45, 7) is 1.91. The van der Waals surface area contributed by atoms with Crippen LogP contribution >= 0.6 is 11.6 Å². The molecule has 5 heteroatoms. The van der Waals surface area contributed by atoms with E-state index in [0.29, 0.717) is 5.28 Å². The van der Waals surface area contributed by atoms with Gasteiger partial charge in [-0.2, -0.15) is 0 Å². The third kappa shape index (κ3) is 0.867. The molecular weight excluding hydrogens is 164 g/mol. The largest absolute Gasteiger partial charge is 0.255 e. The minimum Gasteiger partial charge on any atom is -0.255 e. The first-order valence-corrected chi connectivity index (χ1v) is 3.47. The van der Waals surface area contributed by atoms with Gasteiger partial charge in [0.2, 0.25) is 5.28 Å². The predicted octanol–water partition coefficient (Wildman–Crippen LogP) is 1.09. The summed E-state index contributed by atoms with van der Waals surface area (Å²) in [7, 11) is 0. The quantitative estimate of drug-likeness (QED) is 0.553. The lowest BCUT2D eigenvalue weighted by molar-refractivity contribution is 1.06. The van der Waals surface area contributed by atoms with E-state index in [-0.39, 0.29) is 0 Å². The van der Waals surface area contributed by atoms with Crippen molar-refractivity contribution in [1.29, 1.82) is 0 Å². The maximum absolute atomic E-state index is 5.74. The number of fused-ring (bicyclic) bond motifs is 1. The van der Waals surface area contributed by atoms with Crippen LogP contribution in [-0.2, 0) is 0 Å². The van der Waals surface area contributed by atoms with Crippen LogP contribution in [0, 0.1) is 6.92 Å². The summed E-state index contributed by atoms with van der Waals surface area (Å²) >= 11 is 5.74. The highest BCUT2D eigenvalue weighted by Gasteiger charge is 2.02. The topological polar surface area (TPSA) is 43.1 Å². The van der Waals surface area contributed by atoms with Crippen LogP contribution in [0.3, 0.4) is 0 Å². The third-order valence-corrected chi connectivity index (χ3v) is 1.74. The Hall–Kier alpha value is -1.16. The number of halogens is 1. The molecule has 2 heterocycles. The van der Waals surface area contributed by atoms with Gasteiger partial charge in [0, 0.05) is 11.8 Å². The molecule has 0 amide bonds. The molecule has 0 aliphatic carbocycles. The molecule has 4 nitrogen and oxygen atoms in total. The minimum atomic E-state index is 0.385. The van der Waals surface area contributed by atoms with Crippen LogP contribution in [0.15, 0.2) is 12.5 Å². The van der Waals surface area contributed by atoms with Gasteiger partial charge in [-0.3, -0.25) is 4.40 Å². The van der Waals surface area contributed by atoms with E-state index in [4.69, 9.17) is 11.6 Å². The second-order valence-corrected chi connectivity index (χ2v) is 2.57. The molecule has 0 spiro atoms. The Bertz CT molecular complexity index is 358. The molecule has 0 saturated heterocycles. The molecule has 0 bridgehead atoms. The van der Waals surface area contributed by atoms with E-state index in [9.17, 15) is 0 Å². The van der Waals surface area contributed by atoms with Crippen LogP contribution in [0.1, 0.15) is 5.56 Å². The third-order valence-electron chi connectivity index (χ3n) is 1.46. The van der Waals surface area contributed by atoms with Crippen LogP contribution in [-0.4, -0.2) is 19.6 Å². The fourth-order valence-corrected chi connectivity index (χ4v) is 1.08. The van der Waals surface area contributed by atoms with Gasteiger partial charge >= 0.3 is 0 Å². The number of aromatic nitrogens is 4. The van der Waals surface area contributed by atoms with Gasteiger partial charge in [-0.15, -0.1) is 10.2 Å². The van der Waals surface area contributed by atoms with Crippen molar-refractivity contribution in [2.45, 2.75) is 6.92 Å². The summed E-state index contributed by atoms with van der Waals surface area (Å²) in [6.07, 6.45) is 3.21. The van der Waals surface area contributed by atoms with Crippen LogP contribution in [0.5, 0.6) is 0 Å². The van der Waals surface area contributed by atoms with Gasteiger partial charge in [-0.25, -0.2) is 4.98 Å². The van der Waals surface area contributed by atoms with Crippen molar-refractivity contribution < 1.29 is 0 Å². The summed E-state index contributed by atoms with van der Waals surface area (Å²) < 4.78 is 1.64. The molecular formula is C6H5ClN4. The summed E-state index contributed by atoms with van der Waals surface area (Å²) in [5.74, 6) is 0. The smallest absolute Gasteiger partial charge is 0.209 e. The summed E-state index contributed by atoms with van der Waals surface area (Å²) in [5.41, 5.74) is 1.72. The van der Waals surface area contributed by atoms with Crippen molar-refractivity contribution in [1.82, 2.24) is 19.6 Å². The zero-order valence-corrected chi connectivity index (χ0v) is 6.58.